The van der Waals surface area contributed by atoms with Crippen LogP contribution in [0.4, 0.5) is 11.4 Å². The second-order valence-electron chi connectivity index (χ2n) is 8.18. The van der Waals surface area contributed by atoms with Gasteiger partial charge in [-0.2, -0.15) is 5.11 Å². The fourth-order valence-corrected chi connectivity index (χ4v) is 4.21. The molecule has 1 atom stereocenters. The molecular formula is C28H20N3O5-. The van der Waals surface area contributed by atoms with Crippen molar-refractivity contribution in [2.75, 3.05) is 0 Å². The highest BCUT2D eigenvalue weighted by atomic mass is 16.5. The lowest BCUT2D eigenvalue weighted by Crippen LogP contribution is -2.25. The maximum atomic E-state index is 13.4. The van der Waals surface area contributed by atoms with Crippen LogP contribution >= 0.6 is 0 Å². The van der Waals surface area contributed by atoms with Crippen molar-refractivity contribution in [3.05, 3.63) is 113 Å². The van der Waals surface area contributed by atoms with Crippen LogP contribution in [0.15, 0.2) is 101 Å². The van der Waals surface area contributed by atoms with E-state index in [0.717, 1.165) is 10.6 Å². The van der Waals surface area contributed by atoms with Crippen molar-refractivity contribution in [1.29, 1.82) is 0 Å². The van der Waals surface area contributed by atoms with Crippen LogP contribution in [0.2, 0.25) is 0 Å². The third-order valence-electron chi connectivity index (χ3n) is 5.97. The van der Waals surface area contributed by atoms with Gasteiger partial charge in [0.15, 0.2) is 5.75 Å². The minimum atomic E-state index is -1.08. The molecule has 36 heavy (non-hydrogen) atoms. The average molecular weight is 478 g/mol. The van der Waals surface area contributed by atoms with E-state index in [0.29, 0.717) is 22.3 Å². The number of aromatic carboxylic acids is 1. The number of phenols is 1. The fourth-order valence-electron chi connectivity index (χ4n) is 4.21. The summed E-state index contributed by atoms with van der Waals surface area (Å²) in [7, 11) is 0. The Labute approximate surface area is 206 Å². The summed E-state index contributed by atoms with van der Waals surface area (Å²) in [6.07, 6.45) is 3.15. The first kappa shape index (κ1) is 22.8. The van der Waals surface area contributed by atoms with Crippen molar-refractivity contribution >= 4 is 23.4 Å². The third kappa shape index (κ3) is 4.17. The van der Waals surface area contributed by atoms with Crippen LogP contribution in [0.25, 0.3) is 17.2 Å². The van der Waals surface area contributed by atoms with E-state index in [1.165, 1.54) is 24.4 Å². The molecule has 0 radical (unpaired) electrons. The van der Waals surface area contributed by atoms with Gasteiger partial charge >= 0.3 is 5.97 Å². The van der Waals surface area contributed by atoms with Gasteiger partial charge in [-0.3, -0.25) is 10.3 Å². The molecule has 0 saturated carbocycles. The van der Waals surface area contributed by atoms with Crippen LogP contribution in [0, 0.1) is 0 Å². The number of hydrogen-bond donors (Lipinski definition) is 3. The van der Waals surface area contributed by atoms with Gasteiger partial charge in [-0.25, -0.2) is 4.79 Å². The first-order chi connectivity index (χ1) is 17.4. The molecule has 0 spiro atoms. The first-order valence-electron chi connectivity index (χ1n) is 11.1. The van der Waals surface area contributed by atoms with Crippen molar-refractivity contribution in [1.82, 2.24) is 5.06 Å². The molecule has 4 aromatic rings. The Hall–Kier alpha value is -4.95. The molecule has 0 bridgehead atoms. The topological polar surface area (TPSA) is 129 Å². The number of hydroxylamine groups is 2. The number of para-hydroxylation sites is 1. The number of azo groups is 1. The van der Waals surface area contributed by atoms with Gasteiger partial charge in [0.2, 0.25) is 0 Å². The number of aromatic hydroxyl groups is 1. The normalized spacial score (nSPS) is 14.7. The van der Waals surface area contributed by atoms with Crippen LogP contribution in [0.3, 0.4) is 0 Å². The molecule has 5 rings (SSSR count). The maximum absolute atomic E-state index is 13.4. The zero-order valence-corrected chi connectivity index (χ0v) is 18.8. The van der Waals surface area contributed by atoms with Gasteiger partial charge in [-0.1, -0.05) is 66.4 Å². The average Bonchev–Trinajstić information content (AvgIpc) is 2.90. The van der Waals surface area contributed by atoms with Crippen LogP contribution in [0.5, 0.6) is 11.5 Å². The zero-order valence-electron chi connectivity index (χ0n) is 18.8. The quantitative estimate of drug-likeness (QED) is 0.301. The van der Waals surface area contributed by atoms with Gasteiger partial charge in [0.1, 0.15) is 11.7 Å². The third-order valence-corrected chi connectivity index (χ3v) is 5.97. The molecule has 1 heterocycles. The van der Waals surface area contributed by atoms with Gasteiger partial charge in [-0.15, -0.1) is 5.11 Å². The van der Waals surface area contributed by atoms with Crippen LogP contribution in [0.1, 0.15) is 33.1 Å². The standard InChI is InChI=1S/C28H21N3O5/c32-26-21(19-8-4-9-20(16-19)28(34)35)10-5-11-22(26)29-30-23-13-12-17-14-15-31(36)25(24(17)27(23)33)18-6-2-1-3-7-18/h1-16,25,32-33,36H,(H,34,35)/p-1. The molecule has 4 aromatic carbocycles. The van der Waals surface area contributed by atoms with E-state index in [1.54, 1.807) is 42.5 Å². The minimum Gasteiger partial charge on any atom is -0.871 e. The largest absolute Gasteiger partial charge is 0.871 e. The number of hydrogen-bond acceptors (Lipinski definition) is 7. The summed E-state index contributed by atoms with van der Waals surface area (Å²) in [6.45, 7) is 0. The van der Waals surface area contributed by atoms with Gasteiger partial charge in [0.25, 0.3) is 0 Å². The second-order valence-corrected chi connectivity index (χ2v) is 8.18. The van der Waals surface area contributed by atoms with E-state index >= 15 is 0 Å². The van der Waals surface area contributed by atoms with E-state index in [2.05, 4.69) is 10.2 Å². The number of phenolic OH excluding ortho intramolecular Hbond substituents is 1. The van der Waals surface area contributed by atoms with E-state index < -0.39 is 17.8 Å². The molecule has 178 valence electrons. The summed E-state index contributed by atoms with van der Waals surface area (Å²) in [5.74, 6) is -1.66. The Morgan fingerprint density at radius 1 is 0.889 bits per heavy atom. The Kier molecular flexibility index (Phi) is 5.93. The van der Waals surface area contributed by atoms with Gasteiger partial charge in [0, 0.05) is 11.8 Å². The monoisotopic (exact) mass is 478 g/mol. The van der Waals surface area contributed by atoms with Crippen molar-refractivity contribution < 1.29 is 25.3 Å². The summed E-state index contributed by atoms with van der Waals surface area (Å²) >= 11 is 0. The highest BCUT2D eigenvalue weighted by molar-refractivity contribution is 5.90. The zero-order chi connectivity index (χ0) is 25.2. The molecule has 8 heteroatoms. The van der Waals surface area contributed by atoms with Gasteiger partial charge in [-0.05, 0) is 52.6 Å². The van der Waals surface area contributed by atoms with E-state index in [9.17, 15) is 25.3 Å². The smallest absolute Gasteiger partial charge is 0.335 e. The highest BCUT2D eigenvalue weighted by Crippen LogP contribution is 2.44. The van der Waals surface area contributed by atoms with Gasteiger partial charge in [0.05, 0.1) is 11.3 Å². The molecule has 0 aromatic heterocycles. The fraction of sp³-hybridized carbons (Fsp3) is 0.0357. The number of carboxylic acids is 1. The number of rotatable bonds is 5. The number of nitrogens with zero attached hydrogens (tertiary/aromatic N) is 3. The number of carbonyl (C=O) groups is 1. The van der Waals surface area contributed by atoms with E-state index in [4.69, 9.17) is 0 Å². The predicted molar refractivity (Wildman–Crippen MR) is 132 cm³/mol. The Morgan fingerprint density at radius 3 is 2.42 bits per heavy atom. The molecule has 1 aliphatic heterocycles. The summed E-state index contributed by atoms with van der Waals surface area (Å²) in [6, 6.07) is 22.8. The lowest BCUT2D eigenvalue weighted by molar-refractivity contribution is -0.269. The minimum absolute atomic E-state index is 0.0519. The number of benzene rings is 4. The second kappa shape index (κ2) is 9.36. The van der Waals surface area contributed by atoms with Crippen molar-refractivity contribution in [2.24, 2.45) is 10.2 Å². The van der Waals surface area contributed by atoms with E-state index in [-0.39, 0.29) is 22.7 Å². The number of fused-ring (bicyclic) bond motifs is 1. The summed E-state index contributed by atoms with van der Waals surface area (Å²) in [5, 5.41) is 53.2. The number of carboxylic acid groups (broad SMARTS) is 1. The lowest BCUT2D eigenvalue weighted by atomic mass is 9.90. The van der Waals surface area contributed by atoms with Crippen LogP contribution in [-0.2, 0) is 0 Å². The molecule has 0 aliphatic carbocycles. The summed E-state index contributed by atoms with van der Waals surface area (Å²) in [4.78, 5) is 11.3. The molecule has 1 aliphatic rings. The van der Waals surface area contributed by atoms with Crippen molar-refractivity contribution in [3.8, 4) is 22.6 Å². The highest BCUT2D eigenvalue weighted by Gasteiger charge is 2.26. The van der Waals surface area contributed by atoms with Crippen molar-refractivity contribution in [3.63, 3.8) is 0 Å². The molecule has 3 N–H and O–H groups in total. The first-order valence-corrected chi connectivity index (χ1v) is 11.1. The van der Waals surface area contributed by atoms with Crippen molar-refractivity contribution in [2.45, 2.75) is 6.04 Å². The predicted octanol–water partition coefficient (Wildman–Crippen LogP) is 6.01. The lowest BCUT2D eigenvalue weighted by Gasteiger charge is -2.34. The molecule has 1 unspecified atom stereocenters. The Bertz CT molecular complexity index is 1520. The van der Waals surface area contributed by atoms with Crippen LogP contribution < -0.4 is 5.11 Å². The molecule has 0 saturated heterocycles. The SMILES string of the molecule is O=C(O)c1cccc(-c2cccc(N=Nc3ccc4c(c3[O-])C(c3ccccc3)N(O)C=C4)c2O)c1. The molecule has 8 nitrogen and oxygen atoms in total. The molecule has 0 fully saturated rings. The maximum Gasteiger partial charge on any atom is 0.335 e. The van der Waals surface area contributed by atoms with Gasteiger partial charge < -0.3 is 15.3 Å². The van der Waals surface area contributed by atoms with Crippen LogP contribution in [-0.4, -0.2) is 26.5 Å². The summed E-state index contributed by atoms with van der Waals surface area (Å²) < 4.78 is 0. The Balaban J connectivity index is 1.53. The summed E-state index contributed by atoms with van der Waals surface area (Å²) in [5.41, 5.74) is 2.92. The molecular weight excluding hydrogens is 458 g/mol. The Morgan fingerprint density at radius 2 is 1.64 bits per heavy atom. The van der Waals surface area contributed by atoms with E-state index in [1.807, 2.05) is 30.3 Å². The molecule has 0 amide bonds.